The summed E-state index contributed by atoms with van der Waals surface area (Å²) < 4.78 is 5.75. The van der Waals surface area contributed by atoms with Crippen LogP contribution in [0.5, 0.6) is 5.75 Å². The second-order valence-electron chi connectivity index (χ2n) is 5.59. The Kier molecular flexibility index (Phi) is 6.68. The number of nitrogens with one attached hydrogen (secondary N) is 2. The average Bonchev–Trinajstić information content (AvgIpc) is 2.49. The standard InChI is InChI=1S/C17H27N3O2/c1-3-20(4-2)9-10-22-16-7-5-14(6-8-16)11-19-17(21)15-12-18-13-15/h5-8,15,18H,3-4,9-13H2,1-2H3,(H,19,21). The predicted octanol–water partition coefficient (Wildman–Crippen LogP) is 1.24. The molecule has 1 aliphatic heterocycles. The molecule has 22 heavy (non-hydrogen) atoms. The fourth-order valence-corrected chi connectivity index (χ4v) is 2.34. The van der Waals surface area contributed by atoms with Crippen molar-refractivity contribution in [3.05, 3.63) is 29.8 Å². The Bertz CT molecular complexity index is 453. The first kappa shape index (κ1) is 16.8. The van der Waals surface area contributed by atoms with Crippen LogP contribution in [-0.2, 0) is 11.3 Å². The van der Waals surface area contributed by atoms with Gasteiger partial charge in [-0.05, 0) is 30.8 Å². The van der Waals surface area contributed by atoms with Crippen LogP contribution in [0.25, 0.3) is 0 Å². The molecule has 0 radical (unpaired) electrons. The number of amides is 1. The van der Waals surface area contributed by atoms with Crippen LogP contribution in [-0.4, -0.2) is 50.1 Å². The van der Waals surface area contributed by atoms with Gasteiger partial charge in [-0.3, -0.25) is 4.79 Å². The van der Waals surface area contributed by atoms with E-state index in [1.54, 1.807) is 0 Å². The molecule has 1 amide bonds. The molecule has 0 spiro atoms. The number of hydrogen-bond donors (Lipinski definition) is 2. The van der Waals surface area contributed by atoms with Gasteiger partial charge in [-0.1, -0.05) is 26.0 Å². The molecule has 5 nitrogen and oxygen atoms in total. The van der Waals surface area contributed by atoms with Gasteiger partial charge < -0.3 is 20.3 Å². The SMILES string of the molecule is CCN(CC)CCOc1ccc(CNC(=O)C2CNC2)cc1. The summed E-state index contributed by atoms with van der Waals surface area (Å²) in [7, 11) is 0. The van der Waals surface area contributed by atoms with Gasteiger partial charge in [0.05, 0.1) is 5.92 Å². The van der Waals surface area contributed by atoms with Crippen molar-refractivity contribution in [3.63, 3.8) is 0 Å². The lowest BCUT2D eigenvalue weighted by atomic mass is 10.0. The lowest BCUT2D eigenvalue weighted by Crippen LogP contribution is -2.50. The van der Waals surface area contributed by atoms with Gasteiger partial charge in [0.25, 0.3) is 0 Å². The molecule has 0 saturated carbocycles. The Balaban J connectivity index is 1.69. The minimum Gasteiger partial charge on any atom is -0.492 e. The number of nitrogens with zero attached hydrogens (tertiary/aromatic N) is 1. The second kappa shape index (κ2) is 8.76. The van der Waals surface area contributed by atoms with Crippen molar-refractivity contribution in [2.45, 2.75) is 20.4 Å². The predicted molar refractivity (Wildman–Crippen MR) is 87.9 cm³/mol. The molecule has 5 heteroatoms. The zero-order chi connectivity index (χ0) is 15.8. The van der Waals surface area contributed by atoms with Crippen LogP contribution >= 0.6 is 0 Å². The molecule has 2 N–H and O–H groups in total. The van der Waals surface area contributed by atoms with Crippen LogP contribution in [0.4, 0.5) is 0 Å². The van der Waals surface area contributed by atoms with Gasteiger partial charge in [0.15, 0.2) is 0 Å². The van der Waals surface area contributed by atoms with Gasteiger partial charge in [-0.25, -0.2) is 0 Å². The van der Waals surface area contributed by atoms with Crippen LogP contribution in [0.2, 0.25) is 0 Å². The van der Waals surface area contributed by atoms with Crippen LogP contribution in [0, 0.1) is 5.92 Å². The van der Waals surface area contributed by atoms with Crippen molar-refractivity contribution < 1.29 is 9.53 Å². The first-order valence-corrected chi connectivity index (χ1v) is 8.15. The molecule has 0 aromatic heterocycles. The first-order valence-electron chi connectivity index (χ1n) is 8.15. The topological polar surface area (TPSA) is 53.6 Å². The third-order valence-corrected chi connectivity index (χ3v) is 4.11. The summed E-state index contributed by atoms with van der Waals surface area (Å²) >= 11 is 0. The lowest BCUT2D eigenvalue weighted by Gasteiger charge is -2.25. The highest BCUT2D eigenvalue weighted by atomic mass is 16.5. The van der Waals surface area contributed by atoms with E-state index in [0.29, 0.717) is 13.2 Å². The lowest BCUT2D eigenvalue weighted by molar-refractivity contribution is -0.126. The second-order valence-corrected chi connectivity index (χ2v) is 5.59. The largest absolute Gasteiger partial charge is 0.492 e. The molecule has 2 rings (SSSR count). The molecule has 1 fully saturated rings. The summed E-state index contributed by atoms with van der Waals surface area (Å²) in [6, 6.07) is 7.95. The molecule has 1 aromatic carbocycles. The highest BCUT2D eigenvalue weighted by Crippen LogP contribution is 2.12. The summed E-state index contributed by atoms with van der Waals surface area (Å²) in [4.78, 5) is 14.1. The normalized spacial score (nSPS) is 14.7. The smallest absolute Gasteiger partial charge is 0.225 e. The number of rotatable bonds is 9. The Labute approximate surface area is 133 Å². The summed E-state index contributed by atoms with van der Waals surface area (Å²) in [5, 5.41) is 6.07. The minimum atomic E-state index is 0.137. The van der Waals surface area contributed by atoms with E-state index in [1.165, 1.54) is 0 Å². The van der Waals surface area contributed by atoms with Gasteiger partial charge in [-0.15, -0.1) is 0 Å². The first-order chi connectivity index (χ1) is 10.7. The van der Waals surface area contributed by atoms with Crippen LogP contribution in [0.3, 0.4) is 0 Å². The van der Waals surface area contributed by atoms with Gasteiger partial charge in [0, 0.05) is 26.2 Å². The number of ether oxygens (including phenoxy) is 1. The molecule has 0 atom stereocenters. The van der Waals surface area contributed by atoms with E-state index >= 15 is 0 Å². The molecule has 0 unspecified atom stereocenters. The Hall–Kier alpha value is -1.59. The fraction of sp³-hybridized carbons (Fsp3) is 0.588. The summed E-state index contributed by atoms with van der Waals surface area (Å²) in [5.41, 5.74) is 1.09. The minimum absolute atomic E-state index is 0.137. The van der Waals surface area contributed by atoms with E-state index in [4.69, 9.17) is 4.74 Å². The molecule has 0 aliphatic carbocycles. The Morgan fingerprint density at radius 3 is 2.50 bits per heavy atom. The fourth-order valence-electron chi connectivity index (χ4n) is 2.34. The Morgan fingerprint density at radius 2 is 1.95 bits per heavy atom. The highest BCUT2D eigenvalue weighted by molar-refractivity contribution is 5.79. The van der Waals surface area contributed by atoms with Crippen LogP contribution in [0.1, 0.15) is 19.4 Å². The average molecular weight is 305 g/mol. The van der Waals surface area contributed by atoms with Crippen molar-refractivity contribution in [2.75, 3.05) is 39.3 Å². The quantitative estimate of drug-likeness (QED) is 0.721. The van der Waals surface area contributed by atoms with E-state index < -0.39 is 0 Å². The molecule has 1 heterocycles. The number of likely N-dealkylation sites (N-methyl/N-ethyl adjacent to an activating group) is 1. The van der Waals surface area contributed by atoms with E-state index in [9.17, 15) is 4.79 Å². The zero-order valence-corrected chi connectivity index (χ0v) is 13.6. The third-order valence-electron chi connectivity index (χ3n) is 4.11. The summed E-state index contributed by atoms with van der Waals surface area (Å²) in [6.45, 7) is 10.2. The molecule has 1 saturated heterocycles. The summed E-state index contributed by atoms with van der Waals surface area (Å²) in [6.07, 6.45) is 0. The maximum atomic E-state index is 11.7. The van der Waals surface area contributed by atoms with Crippen molar-refractivity contribution in [3.8, 4) is 5.75 Å². The summed E-state index contributed by atoms with van der Waals surface area (Å²) in [5.74, 6) is 1.16. The molecular weight excluding hydrogens is 278 g/mol. The van der Waals surface area contributed by atoms with Crippen molar-refractivity contribution in [1.29, 1.82) is 0 Å². The Morgan fingerprint density at radius 1 is 1.27 bits per heavy atom. The van der Waals surface area contributed by atoms with Crippen molar-refractivity contribution in [2.24, 2.45) is 5.92 Å². The van der Waals surface area contributed by atoms with E-state index in [2.05, 4.69) is 29.4 Å². The van der Waals surface area contributed by atoms with E-state index in [-0.39, 0.29) is 11.8 Å². The third kappa shape index (κ3) is 5.00. The van der Waals surface area contributed by atoms with Gasteiger partial charge in [0.2, 0.25) is 5.91 Å². The molecule has 1 aromatic rings. The maximum absolute atomic E-state index is 11.7. The zero-order valence-electron chi connectivity index (χ0n) is 13.6. The molecule has 1 aliphatic rings. The van der Waals surface area contributed by atoms with Gasteiger partial charge in [0.1, 0.15) is 12.4 Å². The van der Waals surface area contributed by atoms with Crippen LogP contribution < -0.4 is 15.4 Å². The number of benzene rings is 1. The van der Waals surface area contributed by atoms with Crippen LogP contribution in [0.15, 0.2) is 24.3 Å². The highest BCUT2D eigenvalue weighted by Gasteiger charge is 2.24. The van der Waals surface area contributed by atoms with Gasteiger partial charge in [-0.2, -0.15) is 0 Å². The van der Waals surface area contributed by atoms with E-state index in [1.807, 2.05) is 24.3 Å². The number of carbonyl (C=O) groups excluding carboxylic acids is 1. The van der Waals surface area contributed by atoms with Crippen molar-refractivity contribution in [1.82, 2.24) is 15.5 Å². The maximum Gasteiger partial charge on any atom is 0.225 e. The molecular formula is C17H27N3O2. The number of hydrogen-bond acceptors (Lipinski definition) is 4. The monoisotopic (exact) mass is 305 g/mol. The molecule has 0 bridgehead atoms. The van der Waals surface area contributed by atoms with E-state index in [0.717, 1.165) is 44.0 Å². The van der Waals surface area contributed by atoms with Gasteiger partial charge >= 0.3 is 0 Å². The molecule has 122 valence electrons. The van der Waals surface area contributed by atoms with Crippen molar-refractivity contribution >= 4 is 5.91 Å². The number of carbonyl (C=O) groups is 1.